The van der Waals surface area contributed by atoms with Gasteiger partial charge in [0.25, 0.3) is 0 Å². The van der Waals surface area contributed by atoms with Gasteiger partial charge in [0.05, 0.1) is 6.10 Å². The van der Waals surface area contributed by atoms with Crippen molar-refractivity contribution in [3.05, 3.63) is 0 Å². The van der Waals surface area contributed by atoms with Crippen LogP contribution in [0.25, 0.3) is 0 Å². The topological polar surface area (TPSA) is 66.0 Å². The molecule has 2 unspecified atom stereocenters. The summed E-state index contributed by atoms with van der Waals surface area (Å²) in [5.41, 5.74) is 0. The molecule has 0 bridgehead atoms. The molecule has 2 rings (SSSR count). The number of hydrogen-bond donors (Lipinski definition) is 2. The van der Waals surface area contributed by atoms with Crippen LogP contribution in [0.3, 0.4) is 0 Å². The molecule has 2 saturated heterocycles. The monoisotopic (exact) mass is 452 g/mol. The lowest BCUT2D eigenvalue weighted by Crippen LogP contribution is -2.45. The lowest BCUT2D eigenvalue weighted by Gasteiger charge is -2.20. The van der Waals surface area contributed by atoms with Gasteiger partial charge in [0.15, 0.2) is 5.96 Å². The number of carbonyl (C=O) groups excluding carboxylic acids is 1. The molecule has 0 aromatic heterocycles. The number of ether oxygens (including phenoxy) is 1. The van der Waals surface area contributed by atoms with Crippen LogP contribution in [0, 0.1) is 5.92 Å². The molecule has 0 aromatic rings. The zero-order chi connectivity index (χ0) is 16.7. The van der Waals surface area contributed by atoms with Crippen LogP contribution >= 0.6 is 24.0 Å². The summed E-state index contributed by atoms with van der Waals surface area (Å²) in [4.78, 5) is 18.7. The van der Waals surface area contributed by atoms with Gasteiger partial charge in [-0.05, 0) is 32.6 Å². The van der Waals surface area contributed by atoms with Gasteiger partial charge in [0.2, 0.25) is 5.91 Å². The predicted molar refractivity (Wildman–Crippen MR) is 108 cm³/mol. The first-order valence-electron chi connectivity index (χ1n) is 9.05. The van der Waals surface area contributed by atoms with Crippen LogP contribution in [0.2, 0.25) is 0 Å². The van der Waals surface area contributed by atoms with Crippen molar-refractivity contribution in [3.8, 4) is 0 Å². The molecule has 0 radical (unpaired) electrons. The third kappa shape index (κ3) is 6.74. The maximum absolute atomic E-state index is 12.1. The fraction of sp³-hybridized carbons (Fsp3) is 0.882. The van der Waals surface area contributed by atoms with Gasteiger partial charge in [-0.2, -0.15) is 0 Å². The molecule has 24 heavy (non-hydrogen) atoms. The third-order valence-corrected chi connectivity index (χ3v) is 4.42. The molecule has 2 atom stereocenters. The van der Waals surface area contributed by atoms with Crippen LogP contribution in [0.15, 0.2) is 4.99 Å². The van der Waals surface area contributed by atoms with Gasteiger partial charge in [-0.1, -0.05) is 13.8 Å². The van der Waals surface area contributed by atoms with Crippen molar-refractivity contribution in [2.75, 3.05) is 32.8 Å². The van der Waals surface area contributed by atoms with Crippen LogP contribution < -0.4 is 10.6 Å². The van der Waals surface area contributed by atoms with Crippen molar-refractivity contribution < 1.29 is 9.53 Å². The molecule has 1 amide bonds. The van der Waals surface area contributed by atoms with E-state index in [0.29, 0.717) is 12.1 Å². The first-order valence-corrected chi connectivity index (χ1v) is 9.05. The molecule has 0 spiro atoms. The standard InChI is InChI=1S/C17H32N4O2.HI/c1-4-18-17(19-9-7-15-6-5-11-23-15)20-14-8-10-21(12-14)16(22)13(2)3;/h13-15H,4-12H2,1-3H3,(H2,18,19,20);1H. The summed E-state index contributed by atoms with van der Waals surface area (Å²) >= 11 is 0. The predicted octanol–water partition coefficient (Wildman–Crippen LogP) is 1.99. The quantitative estimate of drug-likeness (QED) is 0.368. The Hall–Kier alpha value is -0.570. The molecule has 2 heterocycles. The molecule has 0 aromatic carbocycles. The average molecular weight is 452 g/mol. The second kappa shape index (κ2) is 11.1. The first kappa shape index (κ1) is 21.5. The highest BCUT2D eigenvalue weighted by Gasteiger charge is 2.27. The summed E-state index contributed by atoms with van der Waals surface area (Å²) in [5, 5.41) is 6.77. The van der Waals surface area contributed by atoms with E-state index in [2.05, 4.69) is 22.5 Å². The van der Waals surface area contributed by atoms with Crippen molar-refractivity contribution in [2.24, 2.45) is 10.9 Å². The Morgan fingerprint density at radius 1 is 1.38 bits per heavy atom. The van der Waals surface area contributed by atoms with Crippen molar-refractivity contribution in [1.29, 1.82) is 0 Å². The fourth-order valence-corrected chi connectivity index (χ4v) is 3.15. The minimum absolute atomic E-state index is 0. The number of rotatable bonds is 6. The Kier molecular flexibility index (Phi) is 9.95. The maximum atomic E-state index is 12.1. The summed E-state index contributed by atoms with van der Waals surface area (Å²) in [6, 6.07) is 0.290. The van der Waals surface area contributed by atoms with E-state index in [1.807, 2.05) is 18.7 Å². The maximum Gasteiger partial charge on any atom is 0.225 e. The fourth-order valence-electron chi connectivity index (χ4n) is 3.15. The number of carbonyl (C=O) groups is 1. The lowest BCUT2D eigenvalue weighted by atomic mass is 10.2. The molecular formula is C17H33IN4O2. The van der Waals surface area contributed by atoms with Gasteiger partial charge in [-0.25, -0.2) is 0 Å². The highest BCUT2D eigenvalue weighted by Crippen LogP contribution is 2.15. The number of amides is 1. The van der Waals surface area contributed by atoms with E-state index in [1.54, 1.807) is 0 Å². The minimum Gasteiger partial charge on any atom is -0.378 e. The molecular weight excluding hydrogens is 419 g/mol. The summed E-state index contributed by atoms with van der Waals surface area (Å²) in [6.45, 7) is 10.1. The zero-order valence-corrected chi connectivity index (χ0v) is 17.5. The van der Waals surface area contributed by atoms with Gasteiger partial charge in [0, 0.05) is 44.7 Å². The first-order chi connectivity index (χ1) is 11.1. The molecule has 0 aliphatic carbocycles. The highest BCUT2D eigenvalue weighted by molar-refractivity contribution is 14.0. The van der Waals surface area contributed by atoms with E-state index < -0.39 is 0 Å². The van der Waals surface area contributed by atoms with Gasteiger partial charge in [-0.3, -0.25) is 9.79 Å². The normalized spacial score (nSPS) is 24.2. The van der Waals surface area contributed by atoms with E-state index in [-0.39, 0.29) is 35.8 Å². The van der Waals surface area contributed by atoms with Crippen LogP contribution in [-0.4, -0.2) is 61.7 Å². The van der Waals surface area contributed by atoms with Crippen molar-refractivity contribution in [3.63, 3.8) is 0 Å². The number of likely N-dealkylation sites (tertiary alicyclic amines) is 1. The van der Waals surface area contributed by atoms with E-state index in [9.17, 15) is 4.79 Å². The van der Waals surface area contributed by atoms with E-state index in [4.69, 9.17) is 4.74 Å². The lowest BCUT2D eigenvalue weighted by molar-refractivity contribution is -0.133. The molecule has 6 nitrogen and oxygen atoms in total. The number of hydrogen-bond acceptors (Lipinski definition) is 3. The van der Waals surface area contributed by atoms with Crippen molar-refractivity contribution in [1.82, 2.24) is 15.5 Å². The van der Waals surface area contributed by atoms with Gasteiger partial charge in [0.1, 0.15) is 0 Å². The molecule has 2 aliphatic heterocycles. The Morgan fingerprint density at radius 3 is 2.79 bits per heavy atom. The van der Waals surface area contributed by atoms with Gasteiger partial charge >= 0.3 is 0 Å². The molecule has 7 heteroatoms. The molecule has 0 saturated carbocycles. The molecule has 2 aliphatic rings. The number of nitrogens with one attached hydrogen (secondary N) is 2. The summed E-state index contributed by atoms with van der Waals surface area (Å²) in [5.74, 6) is 1.17. The molecule has 2 fully saturated rings. The molecule has 140 valence electrons. The Morgan fingerprint density at radius 2 is 2.17 bits per heavy atom. The Balaban J connectivity index is 0.00000288. The van der Waals surface area contributed by atoms with E-state index >= 15 is 0 Å². The second-order valence-electron chi connectivity index (χ2n) is 6.75. The van der Waals surface area contributed by atoms with Crippen LogP contribution in [-0.2, 0) is 9.53 Å². The highest BCUT2D eigenvalue weighted by atomic mass is 127. The van der Waals surface area contributed by atoms with E-state index in [0.717, 1.165) is 58.0 Å². The van der Waals surface area contributed by atoms with Crippen LogP contribution in [0.4, 0.5) is 0 Å². The third-order valence-electron chi connectivity index (χ3n) is 4.42. The summed E-state index contributed by atoms with van der Waals surface area (Å²) < 4.78 is 5.64. The summed E-state index contributed by atoms with van der Waals surface area (Å²) in [6.07, 6.45) is 4.68. The van der Waals surface area contributed by atoms with Gasteiger partial charge < -0.3 is 20.3 Å². The van der Waals surface area contributed by atoms with Crippen LogP contribution in [0.1, 0.15) is 46.5 Å². The Bertz CT molecular complexity index is 411. The number of halogens is 1. The van der Waals surface area contributed by atoms with Crippen LogP contribution in [0.5, 0.6) is 0 Å². The SMILES string of the molecule is CCNC(=NCCC1CCCO1)NC1CCN(C(=O)C(C)C)C1.I. The number of nitrogens with zero attached hydrogens (tertiary/aromatic N) is 2. The minimum atomic E-state index is 0. The largest absolute Gasteiger partial charge is 0.378 e. The average Bonchev–Trinajstić information content (AvgIpc) is 3.18. The van der Waals surface area contributed by atoms with Crippen molar-refractivity contribution >= 4 is 35.8 Å². The van der Waals surface area contributed by atoms with E-state index in [1.165, 1.54) is 6.42 Å². The molecule has 2 N–H and O–H groups in total. The Labute approximate surface area is 163 Å². The summed E-state index contributed by atoms with van der Waals surface area (Å²) in [7, 11) is 0. The number of guanidine groups is 1. The van der Waals surface area contributed by atoms with Gasteiger partial charge in [-0.15, -0.1) is 24.0 Å². The number of aliphatic imine (C=N–C) groups is 1. The van der Waals surface area contributed by atoms with Crippen molar-refractivity contribution in [2.45, 2.75) is 58.6 Å². The smallest absolute Gasteiger partial charge is 0.225 e. The second-order valence-corrected chi connectivity index (χ2v) is 6.75. The zero-order valence-electron chi connectivity index (χ0n) is 15.2.